The predicted molar refractivity (Wildman–Crippen MR) is 59.4 cm³/mol. The Bertz CT molecular complexity index is 366. The van der Waals surface area contributed by atoms with Crippen LogP contribution in [0.1, 0.15) is 27.2 Å². The molecule has 0 aliphatic heterocycles. The normalized spacial score (nSPS) is 9.53. The fraction of sp³-hybridized carbons (Fsp3) is 0.583. The Morgan fingerprint density at radius 1 is 1.18 bits per heavy atom. The van der Waals surface area contributed by atoms with E-state index in [1.807, 2.05) is 0 Å². The summed E-state index contributed by atoms with van der Waals surface area (Å²) in [6.45, 7) is 5.02. The van der Waals surface area contributed by atoms with Gasteiger partial charge in [0.2, 0.25) is 0 Å². The molecule has 5 nitrogen and oxygen atoms in total. The van der Waals surface area contributed by atoms with Gasteiger partial charge in [-0.25, -0.2) is 0 Å². The lowest BCUT2D eigenvalue weighted by Gasteiger charge is -2.22. The van der Waals surface area contributed by atoms with Crippen LogP contribution in [0.4, 0.5) is 0 Å². The van der Waals surface area contributed by atoms with Gasteiger partial charge in [-0.2, -0.15) is 5.26 Å². The smallest absolute Gasteiger partial charge is 0.324 e. The topological polar surface area (TPSA) is 76.4 Å². The molecule has 0 aliphatic carbocycles. The van der Waals surface area contributed by atoms with Crippen molar-refractivity contribution in [3.63, 3.8) is 0 Å². The van der Waals surface area contributed by atoms with Crippen LogP contribution in [0.5, 0.6) is 0 Å². The number of nitrogens with zero attached hydrogens (tertiary/aromatic N) is 1. The van der Waals surface area contributed by atoms with Crippen molar-refractivity contribution in [2.24, 2.45) is 5.41 Å². The molecule has 0 aromatic carbocycles. The van der Waals surface area contributed by atoms with Crippen molar-refractivity contribution < 1.29 is 19.1 Å². The summed E-state index contributed by atoms with van der Waals surface area (Å²) in [4.78, 5) is 23.4. The molecule has 0 aromatic heterocycles. The summed E-state index contributed by atoms with van der Waals surface area (Å²) < 4.78 is 9.63. The van der Waals surface area contributed by atoms with Gasteiger partial charge in [0.05, 0.1) is 13.2 Å². The van der Waals surface area contributed by atoms with E-state index in [0.29, 0.717) is 0 Å². The minimum absolute atomic E-state index is 0.0990. The first kappa shape index (κ1) is 15.0. The van der Waals surface area contributed by atoms with E-state index < -0.39 is 17.4 Å². The lowest BCUT2D eigenvalue weighted by Crippen LogP contribution is -2.39. The van der Waals surface area contributed by atoms with Crippen molar-refractivity contribution in [3.05, 3.63) is 0 Å². The predicted octanol–water partition coefficient (Wildman–Crippen LogP) is 1.04. The average Bonchev–Trinajstić information content (AvgIpc) is 2.29. The maximum Gasteiger partial charge on any atom is 0.324 e. The van der Waals surface area contributed by atoms with Crippen molar-refractivity contribution in [2.45, 2.75) is 27.2 Å². The summed E-state index contributed by atoms with van der Waals surface area (Å²) in [7, 11) is 0. The van der Waals surface area contributed by atoms with Crippen LogP contribution < -0.4 is 0 Å². The zero-order valence-electron chi connectivity index (χ0n) is 10.2. The molecule has 0 aliphatic rings. The summed E-state index contributed by atoms with van der Waals surface area (Å²) in [5.41, 5.74) is -1.48. The van der Waals surface area contributed by atoms with E-state index in [4.69, 9.17) is 14.7 Å². The molecule has 0 atom stereocenters. The number of rotatable bonds is 5. The van der Waals surface area contributed by atoms with Gasteiger partial charge in [0.15, 0.2) is 11.5 Å². The summed E-state index contributed by atoms with van der Waals surface area (Å²) in [5.74, 6) is 3.20. The van der Waals surface area contributed by atoms with Gasteiger partial charge in [-0.05, 0) is 20.8 Å². The first-order valence-corrected chi connectivity index (χ1v) is 5.24. The maximum atomic E-state index is 11.7. The van der Waals surface area contributed by atoms with Gasteiger partial charge in [0.1, 0.15) is 0 Å². The molecule has 0 saturated heterocycles. The van der Waals surface area contributed by atoms with Crippen LogP contribution in [0.25, 0.3) is 0 Å². The van der Waals surface area contributed by atoms with E-state index in [1.165, 1.54) is 6.92 Å². The van der Waals surface area contributed by atoms with Crippen molar-refractivity contribution in [1.29, 1.82) is 5.26 Å². The van der Waals surface area contributed by atoms with E-state index in [0.717, 1.165) is 0 Å². The monoisotopic (exact) mass is 237 g/mol. The van der Waals surface area contributed by atoms with E-state index in [2.05, 4.69) is 11.8 Å². The lowest BCUT2D eigenvalue weighted by molar-refractivity contribution is -0.170. The lowest BCUT2D eigenvalue weighted by atomic mass is 9.87. The Hall–Kier alpha value is -2.01. The van der Waals surface area contributed by atoms with Gasteiger partial charge in [-0.3, -0.25) is 9.59 Å². The fourth-order valence-corrected chi connectivity index (χ4v) is 1.07. The van der Waals surface area contributed by atoms with E-state index in [9.17, 15) is 9.59 Å². The number of hydrogen-bond acceptors (Lipinski definition) is 5. The highest BCUT2D eigenvalue weighted by Gasteiger charge is 2.43. The molecule has 17 heavy (non-hydrogen) atoms. The molecule has 0 aromatic rings. The molecule has 0 rings (SSSR count). The summed E-state index contributed by atoms with van der Waals surface area (Å²) in [6, 6.07) is 1.62. The quantitative estimate of drug-likeness (QED) is 0.405. The molecule has 0 heterocycles. The highest BCUT2D eigenvalue weighted by Crippen LogP contribution is 2.25. The highest BCUT2D eigenvalue weighted by atomic mass is 16.6. The summed E-state index contributed by atoms with van der Waals surface area (Å²) in [5, 5.41) is 8.29. The average molecular weight is 237 g/mol. The molecule has 0 N–H and O–H groups in total. The van der Waals surface area contributed by atoms with Gasteiger partial charge >= 0.3 is 11.9 Å². The van der Waals surface area contributed by atoms with E-state index in [-0.39, 0.29) is 19.6 Å². The Labute approximate surface area is 101 Å². The standard InChI is InChI=1S/C12H15NO4/c1-4-16-10(14)12(3,8-6-7-9-13)11(15)17-5-2/h4-5,8H2,1-3H3. The third kappa shape index (κ3) is 4.16. The zero-order chi connectivity index (χ0) is 13.3. The van der Waals surface area contributed by atoms with Gasteiger partial charge < -0.3 is 9.47 Å². The fourth-order valence-electron chi connectivity index (χ4n) is 1.07. The van der Waals surface area contributed by atoms with Crippen molar-refractivity contribution in [1.82, 2.24) is 0 Å². The number of hydrogen-bond donors (Lipinski definition) is 0. The molecule has 0 fully saturated rings. The summed E-state index contributed by atoms with van der Waals surface area (Å²) >= 11 is 0. The van der Waals surface area contributed by atoms with Crippen molar-refractivity contribution in [3.8, 4) is 17.9 Å². The molecule has 0 bridgehead atoms. The second kappa shape index (κ2) is 7.29. The Morgan fingerprint density at radius 3 is 2.00 bits per heavy atom. The van der Waals surface area contributed by atoms with Crippen molar-refractivity contribution >= 4 is 11.9 Å². The molecule has 0 spiro atoms. The third-order valence-electron chi connectivity index (χ3n) is 2.04. The van der Waals surface area contributed by atoms with Crippen LogP contribution in [0.15, 0.2) is 0 Å². The molecule has 0 radical (unpaired) electrons. The van der Waals surface area contributed by atoms with E-state index in [1.54, 1.807) is 19.9 Å². The first-order chi connectivity index (χ1) is 8.02. The zero-order valence-corrected chi connectivity index (χ0v) is 10.2. The van der Waals surface area contributed by atoms with Gasteiger partial charge in [0, 0.05) is 12.3 Å². The molecule has 0 saturated carbocycles. The number of nitriles is 1. The van der Waals surface area contributed by atoms with Gasteiger partial charge in [-0.1, -0.05) is 5.92 Å². The second-order valence-corrected chi connectivity index (χ2v) is 3.36. The van der Waals surface area contributed by atoms with Crippen LogP contribution >= 0.6 is 0 Å². The third-order valence-corrected chi connectivity index (χ3v) is 2.04. The van der Waals surface area contributed by atoms with Crippen LogP contribution in [0, 0.1) is 28.6 Å². The summed E-state index contributed by atoms with van der Waals surface area (Å²) in [6.07, 6.45) is -0.0990. The number of esters is 2. The van der Waals surface area contributed by atoms with Crippen LogP contribution in [0.2, 0.25) is 0 Å². The second-order valence-electron chi connectivity index (χ2n) is 3.36. The van der Waals surface area contributed by atoms with Crippen molar-refractivity contribution in [2.75, 3.05) is 13.2 Å². The van der Waals surface area contributed by atoms with Gasteiger partial charge in [-0.15, -0.1) is 0 Å². The molecular formula is C12H15NO4. The van der Waals surface area contributed by atoms with Gasteiger partial charge in [0.25, 0.3) is 0 Å². The Morgan fingerprint density at radius 2 is 1.65 bits per heavy atom. The SMILES string of the molecule is CCOC(=O)C(C)(CC#CC#N)C(=O)OCC. The largest absolute Gasteiger partial charge is 0.465 e. The number of ether oxygens (including phenoxy) is 2. The van der Waals surface area contributed by atoms with Crippen LogP contribution in [-0.2, 0) is 19.1 Å². The molecular weight excluding hydrogens is 222 g/mol. The molecule has 0 amide bonds. The Kier molecular flexibility index (Phi) is 6.43. The van der Waals surface area contributed by atoms with Crippen LogP contribution in [-0.4, -0.2) is 25.2 Å². The number of carbonyl (C=O) groups is 2. The maximum absolute atomic E-state index is 11.7. The Balaban J connectivity index is 4.99. The highest BCUT2D eigenvalue weighted by molar-refractivity contribution is 5.99. The first-order valence-electron chi connectivity index (χ1n) is 5.24. The minimum Gasteiger partial charge on any atom is -0.465 e. The minimum atomic E-state index is -1.48. The molecule has 92 valence electrons. The van der Waals surface area contributed by atoms with Crippen LogP contribution in [0.3, 0.4) is 0 Å². The van der Waals surface area contributed by atoms with E-state index >= 15 is 0 Å². The number of carbonyl (C=O) groups excluding carboxylic acids is 2. The molecule has 0 unspecified atom stereocenters. The molecule has 5 heteroatoms.